The third kappa shape index (κ3) is 3.67. The molecule has 0 saturated carbocycles. The summed E-state index contributed by atoms with van der Waals surface area (Å²) in [6.45, 7) is 0. The Morgan fingerprint density at radius 3 is 2.66 bits per heavy atom. The van der Waals surface area contributed by atoms with Gasteiger partial charge in [0.2, 0.25) is 5.16 Å². The normalized spacial score (nSPS) is 13.0. The second kappa shape index (κ2) is 7.63. The number of aromatic nitrogens is 3. The van der Waals surface area contributed by atoms with Gasteiger partial charge in [-0.05, 0) is 35.9 Å². The highest BCUT2D eigenvalue weighted by Gasteiger charge is 2.21. The molecule has 0 saturated heterocycles. The van der Waals surface area contributed by atoms with Crippen molar-refractivity contribution in [2.45, 2.75) is 11.6 Å². The van der Waals surface area contributed by atoms with Crippen molar-refractivity contribution in [1.82, 2.24) is 14.9 Å². The average Bonchev–Trinajstić information content (AvgIpc) is 3.38. The van der Waals surface area contributed by atoms with Crippen molar-refractivity contribution >= 4 is 40.7 Å². The first-order valence-corrected chi connectivity index (χ1v) is 10.5. The van der Waals surface area contributed by atoms with Gasteiger partial charge in [-0.25, -0.2) is 4.68 Å². The van der Waals surface area contributed by atoms with Crippen LogP contribution in [0.1, 0.15) is 17.1 Å². The largest absolute Gasteiger partial charge is 0.454 e. The number of nitrogens with zero attached hydrogens (tertiary/aromatic N) is 3. The Balaban J connectivity index is 1.41. The molecule has 0 spiro atoms. The van der Waals surface area contributed by atoms with Gasteiger partial charge in [-0.2, -0.15) is 0 Å². The molecule has 5 rings (SSSR count). The van der Waals surface area contributed by atoms with E-state index in [9.17, 15) is 0 Å². The summed E-state index contributed by atoms with van der Waals surface area (Å²) in [5.74, 6) is 2.17. The average molecular weight is 441 g/mol. The van der Waals surface area contributed by atoms with Crippen LogP contribution in [-0.2, 0) is 6.42 Å². The van der Waals surface area contributed by atoms with Crippen LogP contribution in [0, 0.1) is 0 Å². The Morgan fingerprint density at radius 2 is 1.79 bits per heavy atom. The zero-order valence-electron chi connectivity index (χ0n) is 15.0. The summed E-state index contributed by atoms with van der Waals surface area (Å²) in [7, 11) is 0. The van der Waals surface area contributed by atoms with Crippen LogP contribution in [-0.4, -0.2) is 14.9 Å². The second-order valence-corrected chi connectivity index (χ2v) is 8.13. The summed E-state index contributed by atoms with van der Waals surface area (Å²) in [5.41, 5.74) is 6.09. The maximum absolute atomic E-state index is 6.30. The first-order chi connectivity index (χ1) is 14.2. The van der Waals surface area contributed by atoms with Crippen molar-refractivity contribution in [1.29, 1.82) is 0 Å². The minimum absolute atomic E-state index is 0.585. The monoisotopic (exact) mass is 440 g/mol. The fraction of sp³-hybridized carbons (Fsp3) is 0.0476. The molecule has 29 heavy (non-hydrogen) atoms. The molecular formula is C21H14Cl2N4OS. The van der Waals surface area contributed by atoms with E-state index in [1.807, 2.05) is 40.4 Å². The molecule has 0 amide bonds. The number of halogens is 2. The van der Waals surface area contributed by atoms with Crippen LogP contribution in [0.25, 0.3) is 17.0 Å². The lowest BCUT2D eigenvalue weighted by molar-refractivity contribution is 0.565. The zero-order chi connectivity index (χ0) is 19.8. The molecule has 0 aliphatic carbocycles. The summed E-state index contributed by atoms with van der Waals surface area (Å²) in [4.78, 5) is 0. The Bertz CT molecular complexity index is 1220. The fourth-order valence-electron chi connectivity index (χ4n) is 3.07. The molecule has 0 radical (unpaired) electrons. The molecule has 2 aromatic heterocycles. The van der Waals surface area contributed by atoms with E-state index in [0.29, 0.717) is 28.0 Å². The van der Waals surface area contributed by atoms with Crippen molar-refractivity contribution in [3.63, 3.8) is 0 Å². The molecular weight excluding hydrogens is 427 g/mol. The molecule has 144 valence electrons. The van der Waals surface area contributed by atoms with Crippen LogP contribution in [0.5, 0.6) is 0 Å². The van der Waals surface area contributed by atoms with E-state index in [1.165, 1.54) is 17.3 Å². The van der Waals surface area contributed by atoms with E-state index in [1.54, 1.807) is 18.2 Å². The number of nitrogens with one attached hydrogen (secondary N) is 1. The van der Waals surface area contributed by atoms with Gasteiger partial charge >= 0.3 is 0 Å². The summed E-state index contributed by atoms with van der Waals surface area (Å²) in [6, 6.07) is 19.3. The van der Waals surface area contributed by atoms with Crippen molar-refractivity contribution in [3.8, 4) is 11.3 Å². The van der Waals surface area contributed by atoms with E-state index >= 15 is 0 Å². The second-order valence-electron chi connectivity index (χ2n) is 6.45. The third-order valence-electron chi connectivity index (χ3n) is 4.49. The number of benzene rings is 2. The molecule has 1 N–H and O–H groups in total. The summed E-state index contributed by atoms with van der Waals surface area (Å²) in [6.07, 6.45) is 0.677. The number of hydrogen-bond donors (Lipinski definition) is 1. The highest BCUT2D eigenvalue weighted by Crippen LogP contribution is 2.35. The molecule has 0 atom stereocenters. The summed E-state index contributed by atoms with van der Waals surface area (Å²) in [5, 5.41) is 12.5. The van der Waals surface area contributed by atoms with E-state index in [0.717, 1.165) is 22.2 Å². The molecule has 4 aromatic rings. The molecule has 3 heterocycles. The predicted molar refractivity (Wildman–Crippen MR) is 117 cm³/mol. The number of furan rings is 1. The Hall–Kier alpha value is -2.67. The van der Waals surface area contributed by atoms with Crippen LogP contribution in [0.15, 0.2) is 75.6 Å². The molecule has 0 unspecified atom stereocenters. The van der Waals surface area contributed by atoms with E-state index < -0.39 is 0 Å². The number of rotatable bonds is 4. The van der Waals surface area contributed by atoms with Crippen LogP contribution in [0.2, 0.25) is 10.0 Å². The first kappa shape index (κ1) is 18.4. The molecule has 0 bridgehead atoms. The molecule has 1 aliphatic heterocycles. The van der Waals surface area contributed by atoms with Gasteiger partial charge in [-0.3, -0.25) is 5.43 Å². The fourth-order valence-corrected chi connectivity index (χ4v) is 4.19. The molecule has 0 fully saturated rings. The van der Waals surface area contributed by atoms with Gasteiger partial charge in [0, 0.05) is 22.4 Å². The van der Waals surface area contributed by atoms with Crippen molar-refractivity contribution in [3.05, 3.63) is 93.3 Å². The highest BCUT2D eigenvalue weighted by molar-refractivity contribution is 8.02. The quantitative estimate of drug-likeness (QED) is 0.416. The minimum Gasteiger partial charge on any atom is -0.454 e. The lowest BCUT2D eigenvalue weighted by atomic mass is 10.1. The molecule has 1 aliphatic rings. The van der Waals surface area contributed by atoms with Crippen LogP contribution < -0.4 is 5.43 Å². The summed E-state index contributed by atoms with van der Waals surface area (Å²) < 4.78 is 7.94. The van der Waals surface area contributed by atoms with Gasteiger partial charge < -0.3 is 4.42 Å². The number of fused-ring (bicyclic) bond motifs is 1. The zero-order valence-corrected chi connectivity index (χ0v) is 17.3. The van der Waals surface area contributed by atoms with Crippen LogP contribution in [0.3, 0.4) is 0 Å². The van der Waals surface area contributed by atoms with E-state index in [4.69, 9.17) is 27.6 Å². The Labute approximate surface area is 181 Å². The maximum Gasteiger partial charge on any atom is 0.214 e. The maximum atomic E-state index is 6.30. The Kier molecular flexibility index (Phi) is 4.83. The van der Waals surface area contributed by atoms with Crippen molar-refractivity contribution < 1.29 is 4.42 Å². The van der Waals surface area contributed by atoms with Gasteiger partial charge in [-0.1, -0.05) is 65.3 Å². The standard InChI is InChI=1S/C21H14Cl2N4OS/c22-14-6-7-16(23)15(11-14)18-8-9-19(28-18)17-12-29-21-25-24-20(27(21)26-17)10-13-4-2-1-3-5-13/h1-9,11-12,26H,10H2. The van der Waals surface area contributed by atoms with Crippen molar-refractivity contribution in [2.24, 2.45) is 0 Å². The SMILES string of the molecule is Clc1ccc(Cl)c(-c2ccc(C3=CSc4nnc(Cc5ccccc5)n4N3)o2)c1. The minimum atomic E-state index is 0.585. The predicted octanol–water partition coefficient (Wildman–Crippen LogP) is 6.08. The van der Waals surface area contributed by atoms with E-state index in [2.05, 4.69) is 27.8 Å². The van der Waals surface area contributed by atoms with Gasteiger partial charge in [0.15, 0.2) is 11.6 Å². The lowest BCUT2D eigenvalue weighted by Crippen LogP contribution is -2.19. The lowest BCUT2D eigenvalue weighted by Gasteiger charge is -2.17. The van der Waals surface area contributed by atoms with Crippen molar-refractivity contribution in [2.75, 3.05) is 5.43 Å². The molecule has 2 aromatic carbocycles. The van der Waals surface area contributed by atoms with Crippen LogP contribution in [0.4, 0.5) is 0 Å². The highest BCUT2D eigenvalue weighted by atomic mass is 35.5. The first-order valence-electron chi connectivity index (χ1n) is 8.85. The van der Waals surface area contributed by atoms with Gasteiger partial charge in [0.05, 0.1) is 5.02 Å². The topological polar surface area (TPSA) is 55.9 Å². The van der Waals surface area contributed by atoms with E-state index in [-0.39, 0.29) is 0 Å². The van der Waals surface area contributed by atoms with Gasteiger partial charge in [-0.15, -0.1) is 10.2 Å². The summed E-state index contributed by atoms with van der Waals surface area (Å²) >= 11 is 13.9. The number of hydrogen-bond acceptors (Lipinski definition) is 5. The van der Waals surface area contributed by atoms with Crippen LogP contribution >= 0.6 is 35.0 Å². The third-order valence-corrected chi connectivity index (χ3v) is 5.88. The van der Waals surface area contributed by atoms with Gasteiger partial charge in [0.25, 0.3) is 0 Å². The number of thioether (sulfide) groups is 1. The molecule has 5 nitrogen and oxygen atoms in total. The smallest absolute Gasteiger partial charge is 0.214 e. The van der Waals surface area contributed by atoms with Gasteiger partial charge in [0.1, 0.15) is 11.5 Å². The Morgan fingerprint density at radius 1 is 0.966 bits per heavy atom. The molecule has 8 heteroatoms.